The summed E-state index contributed by atoms with van der Waals surface area (Å²) in [5.74, 6) is -1.33. The molecule has 0 spiro atoms. The molecule has 0 unspecified atom stereocenters. The highest BCUT2D eigenvalue weighted by molar-refractivity contribution is 5.95. The number of amides is 1. The Bertz CT molecular complexity index is 920. The number of anilines is 1. The molecule has 0 fully saturated rings. The number of hydrogen-bond acceptors (Lipinski definition) is 7. The monoisotopic (exact) mass is 369 g/mol. The Morgan fingerprint density at radius 2 is 1.93 bits per heavy atom. The Morgan fingerprint density at radius 1 is 1.19 bits per heavy atom. The summed E-state index contributed by atoms with van der Waals surface area (Å²) in [6.45, 7) is 0.485. The van der Waals surface area contributed by atoms with Gasteiger partial charge in [0.2, 0.25) is 0 Å². The van der Waals surface area contributed by atoms with Crippen molar-refractivity contribution >= 4 is 23.3 Å². The van der Waals surface area contributed by atoms with Crippen LogP contribution >= 0.6 is 0 Å². The molecule has 0 aliphatic carbocycles. The molecule has 9 heteroatoms. The summed E-state index contributed by atoms with van der Waals surface area (Å²) in [6, 6.07) is 12.6. The first-order valence-corrected chi connectivity index (χ1v) is 7.73. The highest BCUT2D eigenvalue weighted by Crippen LogP contribution is 2.27. The van der Waals surface area contributed by atoms with E-state index in [-0.39, 0.29) is 22.7 Å². The van der Waals surface area contributed by atoms with Gasteiger partial charge in [0.1, 0.15) is 17.5 Å². The van der Waals surface area contributed by atoms with Gasteiger partial charge in [-0.2, -0.15) is 5.26 Å². The summed E-state index contributed by atoms with van der Waals surface area (Å²) in [6.07, 6.45) is 0. The molecule has 138 valence electrons. The van der Waals surface area contributed by atoms with Crippen molar-refractivity contribution in [2.75, 3.05) is 18.5 Å². The van der Waals surface area contributed by atoms with Crippen molar-refractivity contribution in [3.05, 3.63) is 63.7 Å². The number of aryl methyl sites for hydroxylation is 1. The standard InChI is InChI=1S/C18H15N3O6/c1-12-5-4-7-14(21(24)25)18(12)20-16(22)10-27-17(23)11-26-15-8-3-2-6-13(15)9-19/h2-8H,10-11H2,1H3,(H,20,22). The third-order valence-electron chi connectivity index (χ3n) is 3.43. The molecule has 0 heterocycles. The fourth-order valence-corrected chi connectivity index (χ4v) is 2.15. The van der Waals surface area contributed by atoms with Crippen LogP contribution in [0, 0.1) is 28.4 Å². The molecule has 0 aliphatic heterocycles. The van der Waals surface area contributed by atoms with Crippen molar-refractivity contribution in [2.24, 2.45) is 0 Å². The molecule has 0 atom stereocenters. The molecule has 1 amide bonds. The van der Waals surface area contributed by atoms with Gasteiger partial charge in [-0.1, -0.05) is 24.3 Å². The lowest BCUT2D eigenvalue weighted by molar-refractivity contribution is -0.384. The van der Waals surface area contributed by atoms with Crippen LogP contribution in [0.15, 0.2) is 42.5 Å². The van der Waals surface area contributed by atoms with Crippen molar-refractivity contribution in [3.63, 3.8) is 0 Å². The number of nitro benzene ring substituents is 1. The predicted molar refractivity (Wildman–Crippen MR) is 94.1 cm³/mol. The second kappa shape index (κ2) is 8.96. The van der Waals surface area contributed by atoms with Crippen LogP contribution in [0.2, 0.25) is 0 Å². The van der Waals surface area contributed by atoms with Gasteiger partial charge in [-0.25, -0.2) is 4.79 Å². The largest absolute Gasteiger partial charge is 0.481 e. The fourth-order valence-electron chi connectivity index (χ4n) is 2.15. The molecule has 0 radical (unpaired) electrons. The van der Waals surface area contributed by atoms with E-state index in [0.717, 1.165) is 0 Å². The van der Waals surface area contributed by atoms with E-state index in [1.165, 1.54) is 24.3 Å². The third-order valence-corrected chi connectivity index (χ3v) is 3.43. The highest BCUT2D eigenvalue weighted by Gasteiger charge is 2.18. The third kappa shape index (κ3) is 5.27. The minimum Gasteiger partial charge on any atom is -0.481 e. The highest BCUT2D eigenvalue weighted by atomic mass is 16.6. The van der Waals surface area contributed by atoms with Gasteiger partial charge in [0.25, 0.3) is 11.6 Å². The first-order valence-electron chi connectivity index (χ1n) is 7.73. The Hall–Kier alpha value is -3.93. The number of hydrogen-bond donors (Lipinski definition) is 1. The van der Waals surface area contributed by atoms with E-state index < -0.39 is 30.0 Å². The van der Waals surface area contributed by atoms with Crippen LogP contribution in [0.3, 0.4) is 0 Å². The Labute approximate surface area is 154 Å². The first-order chi connectivity index (χ1) is 12.9. The zero-order valence-electron chi connectivity index (χ0n) is 14.3. The molecule has 2 rings (SSSR count). The number of nitrogens with zero attached hydrogens (tertiary/aromatic N) is 2. The summed E-state index contributed by atoms with van der Waals surface area (Å²) in [4.78, 5) is 34.0. The minimum atomic E-state index is -0.822. The van der Waals surface area contributed by atoms with Crippen molar-refractivity contribution in [2.45, 2.75) is 6.92 Å². The van der Waals surface area contributed by atoms with Gasteiger partial charge in [0.05, 0.1) is 10.5 Å². The number of rotatable bonds is 7. The van der Waals surface area contributed by atoms with E-state index in [1.807, 2.05) is 6.07 Å². The van der Waals surface area contributed by atoms with Gasteiger partial charge >= 0.3 is 5.97 Å². The van der Waals surface area contributed by atoms with E-state index in [1.54, 1.807) is 25.1 Å². The van der Waals surface area contributed by atoms with Gasteiger partial charge in [-0.15, -0.1) is 0 Å². The van der Waals surface area contributed by atoms with Crippen molar-refractivity contribution in [1.29, 1.82) is 5.26 Å². The summed E-state index contributed by atoms with van der Waals surface area (Å²) in [5, 5.41) is 22.3. The number of carbonyl (C=O) groups is 2. The maximum Gasteiger partial charge on any atom is 0.344 e. The number of benzene rings is 2. The van der Waals surface area contributed by atoms with Gasteiger partial charge < -0.3 is 14.8 Å². The lowest BCUT2D eigenvalue weighted by Crippen LogP contribution is -2.24. The number of para-hydroxylation sites is 2. The van der Waals surface area contributed by atoms with E-state index >= 15 is 0 Å². The SMILES string of the molecule is Cc1cccc([N+](=O)[O-])c1NC(=O)COC(=O)COc1ccccc1C#N. The van der Waals surface area contributed by atoms with Crippen LogP contribution < -0.4 is 10.1 Å². The molecular weight excluding hydrogens is 354 g/mol. The lowest BCUT2D eigenvalue weighted by Gasteiger charge is -2.10. The van der Waals surface area contributed by atoms with Crippen molar-refractivity contribution in [3.8, 4) is 11.8 Å². The molecular formula is C18H15N3O6. The Morgan fingerprint density at radius 3 is 2.63 bits per heavy atom. The molecule has 1 N–H and O–H groups in total. The maximum absolute atomic E-state index is 11.9. The molecule has 0 aromatic heterocycles. The normalized spacial score (nSPS) is 9.78. The Kier molecular flexibility index (Phi) is 6.44. The van der Waals surface area contributed by atoms with Crippen LogP contribution in [0.1, 0.15) is 11.1 Å². The molecule has 0 bridgehead atoms. The summed E-state index contributed by atoms with van der Waals surface area (Å²) < 4.78 is 9.97. The number of ether oxygens (including phenoxy) is 2. The van der Waals surface area contributed by atoms with Gasteiger partial charge in [-0.3, -0.25) is 14.9 Å². The molecule has 27 heavy (non-hydrogen) atoms. The van der Waals surface area contributed by atoms with Crippen LogP contribution in [0.4, 0.5) is 11.4 Å². The predicted octanol–water partition coefficient (Wildman–Crippen LogP) is 2.34. The van der Waals surface area contributed by atoms with Gasteiger partial charge in [-0.05, 0) is 24.6 Å². The number of carbonyl (C=O) groups excluding carboxylic acids is 2. The number of nitrogens with one attached hydrogen (secondary N) is 1. The van der Waals surface area contributed by atoms with Crippen LogP contribution in [-0.4, -0.2) is 30.0 Å². The minimum absolute atomic E-state index is 0.0442. The molecule has 0 saturated heterocycles. The second-order valence-electron chi connectivity index (χ2n) is 5.33. The maximum atomic E-state index is 11.9. The van der Waals surface area contributed by atoms with E-state index in [4.69, 9.17) is 14.7 Å². The number of nitriles is 1. The zero-order chi connectivity index (χ0) is 19.8. The molecule has 2 aromatic rings. The van der Waals surface area contributed by atoms with Crippen LogP contribution in [0.5, 0.6) is 5.75 Å². The number of esters is 1. The van der Waals surface area contributed by atoms with Crippen LogP contribution in [0.25, 0.3) is 0 Å². The average Bonchev–Trinajstić information content (AvgIpc) is 2.66. The summed E-state index contributed by atoms with van der Waals surface area (Å²) in [5.41, 5.74) is 0.545. The topological polar surface area (TPSA) is 132 Å². The van der Waals surface area contributed by atoms with Gasteiger partial charge in [0, 0.05) is 6.07 Å². The lowest BCUT2D eigenvalue weighted by atomic mass is 10.1. The van der Waals surface area contributed by atoms with E-state index in [9.17, 15) is 19.7 Å². The molecule has 0 saturated carbocycles. The van der Waals surface area contributed by atoms with Crippen molar-refractivity contribution < 1.29 is 24.0 Å². The smallest absolute Gasteiger partial charge is 0.344 e. The van der Waals surface area contributed by atoms with Crippen LogP contribution in [-0.2, 0) is 14.3 Å². The molecule has 2 aromatic carbocycles. The average molecular weight is 369 g/mol. The molecule has 9 nitrogen and oxygen atoms in total. The fraction of sp³-hybridized carbons (Fsp3) is 0.167. The summed E-state index contributed by atoms with van der Waals surface area (Å²) >= 11 is 0. The zero-order valence-corrected chi connectivity index (χ0v) is 14.3. The Balaban J connectivity index is 1.88. The first kappa shape index (κ1) is 19.4. The number of nitro groups is 1. The van der Waals surface area contributed by atoms with E-state index in [2.05, 4.69) is 5.32 Å². The summed E-state index contributed by atoms with van der Waals surface area (Å²) in [7, 11) is 0. The van der Waals surface area contributed by atoms with Gasteiger partial charge in [0.15, 0.2) is 13.2 Å². The second-order valence-corrected chi connectivity index (χ2v) is 5.33. The molecule has 0 aliphatic rings. The van der Waals surface area contributed by atoms with E-state index in [0.29, 0.717) is 5.56 Å². The quantitative estimate of drug-likeness (QED) is 0.450. The van der Waals surface area contributed by atoms with Crippen molar-refractivity contribution in [1.82, 2.24) is 0 Å².